The van der Waals surface area contributed by atoms with Crippen LogP contribution < -0.4 is 0 Å². The number of nitrogens with zero attached hydrogens (tertiary/aromatic N) is 3. The average Bonchev–Trinajstić information content (AvgIpc) is 2.96. The zero-order valence-electron chi connectivity index (χ0n) is 13.7. The van der Waals surface area contributed by atoms with Crippen molar-refractivity contribution in [3.05, 3.63) is 52.8 Å². The highest BCUT2D eigenvalue weighted by Gasteiger charge is 2.24. The fourth-order valence-electron chi connectivity index (χ4n) is 2.47. The van der Waals surface area contributed by atoms with E-state index in [0.717, 1.165) is 0 Å². The first-order valence-electron chi connectivity index (χ1n) is 7.50. The summed E-state index contributed by atoms with van der Waals surface area (Å²) in [6, 6.07) is 8.21. The normalized spacial score (nSPS) is 11.1. The van der Waals surface area contributed by atoms with E-state index in [1.807, 2.05) is 27.7 Å². The molecule has 0 saturated heterocycles. The molecule has 0 atom stereocenters. The van der Waals surface area contributed by atoms with Crippen LogP contribution in [0.3, 0.4) is 0 Å². The third-order valence-electron chi connectivity index (χ3n) is 3.45. The Morgan fingerprint density at radius 1 is 1.04 bits per heavy atom. The predicted octanol–water partition coefficient (Wildman–Crippen LogP) is 3.48. The number of amides is 1. The molecule has 1 aromatic heterocycles. The van der Waals surface area contributed by atoms with E-state index in [1.165, 1.54) is 10.9 Å². The maximum atomic E-state index is 12.6. The summed E-state index contributed by atoms with van der Waals surface area (Å²) in [5.74, 6) is -0.487. The van der Waals surface area contributed by atoms with Crippen molar-refractivity contribution in [1.82, 2.24) is 14.7 Å². The van der Waals surface area contributed by atoms with E-state index in [9.17, 15) is 9.59 Å². The molecule has 0 radical (unpaired) electrons. The summed E-state index contributed by atoms with van der Waals surface area (Å²) in [5, 5.41) is 4.70. The van der Waals surface area contributed by atoms with Crippen LogP contribution in [0, 0.1) is 0 Å². The van der Waals surface area contributed by atoms with Crippen LogP contribution in [0.2, 0.25) is 5.02 Å². The largest absolute Gasteiger partial charge is 0.332 e. The van der Waals surface area contributed by atoms with Crippen molar-refractivity contribution in [2.75, 3.05) is 0 Å². The van der Waals surface area contributed by atoms with E-state index < -0.39 is 0 Å². The summed E-state index contributed by atoms with van der Waals surface area (Å²) in [6.45, 7) is 7.81. The van der Waals surface area contributed by atoms with Crippen LogP contribution in [0.4, 0.5) is 0 Å². The fraction of sp³-hybridized carbons (Fsp3) is 0.353. The molecule has 0 aliphatic carbocycles. The molecule has 5 nitrogen and oxygen atoms in total. The Balaban J connectivity index is 2.24. The van der Waals surface area contributed by atoms with Crippen molar-refractivity contribution in [3.63, 3.8) is 0 Å². The third kappa shape index (κ3) is 3.79. The molecule has 0 aliphatic rings. The van der Waals surface area contributed by atoms with E-state index in [-0.39, 0.29) is 29.6 Å². The monoisotopic (exact) mass is 333 g/mol. The molecule has 0 bridgehead atoms. The molecule has 122 valence electrons. The highest BCUT2D eigenvalue weighted by Crippen LogP contribution is 2.13. The van der Waals surface area contributed by atoms with Crippen molar-refractivity contribution >= 4 is 23.4 Å². The van der Waals surface area contributed by atoms with Gasteiger partial charge < -0.3 is 4.90 Å². The Labute approximate surface area is 140 Å². The fourth-order valence-corrected chi connectivity index (χ4v) is 2.60. The number of benzene rings is 1. The van der Waals surface area contributed by atoms with E-state index in [1.54, 1.807) is 35.2 Å². The van der Waals surface area contributed by atoms with Gasteiger partial charge in [-0.2, -0.15) is 5.10 Å². The summed E-state index contributed by atoms with van der Waals surface area (Å²) in [6.07, 6.45) is 1.50. The summed E-state index contributed by atoms with van der Waals surface area (Å²) >= 11 is 5.82. The predicted molar refractivity (Wildman–Crippen MR) is 89.8 cm³/mol. The van der Waals surface area contributed by atoms with Gasteiger partial charge in [0, 0.05) is 28.9 Å². The van der Waals surface area contributed by atoms with E-state index in [4.69, 9.17) is 11.6 Å². The summed E-state index contributed by atoms with van der Waals surface area (Å²) in [4.78, 5) is 26.7. The molecule has 2 rings (SSSR count). The van der Waals surface area contributed by atoms with Gasteiger partial charge in [0.1, 0.15) is 0 Å². The van der Waals surface area contributed by atoms with Crippen molar-refractivity contribution < 1.29 is 9.59 Å². The molecule has 0 unspecified atom stereocenters. The Hall–Kier alpha value is -2.14. The average molecular weight is 334 g/mol. The summed E-state index contributed by atoms with van der Waals surface area (Å²) in [7, 11) is 0. The van der Waals surface area contributed by atoms with Crippen LogP contribution in [0.25, 0.3) is 0 Å². The highest BCUT2D eigenvalue weighted by atomic mass is 35.5. The molecule has 1 amide bonds. The van der Waals surface area contributed by atoms with Crippen molar-refractivity contribution in [1.29, 1.82) is 0 Å². The number of carbonyl (C=O) groups is 2. The molecule has 6 heteroatoms. The van der Waals surface area contributed by atoms with Gasteiger partial charge in [-0.05, 0) is 58.0 Å². The lowest BCUT2D eigenvalue weighted by Gasteiger charge is -2.29. The molecule has 0 N–H and O–H groups in total. The lowest BCUT2D eigenvalue weighted by Crippen LogP contribution is -2.42. The zero-order valence-corrected chi connectivity index (χ0v) is 14.4. The second-order valence-electron chi connectivity index (χ2n) is 5.86. The van der Waals surface area contributed by atoms with Gasteiger partial charge in [-0.1, -0.05) is 11.6 Å². The van der Waals surface area contributed by atoms with Gasteiger partial charge in [-0.15, -0.1) is 0 Å². The molecule has 1 heterocycles. The molecule has 0 saturated carbocycles. The quantitative estimate of drug-likeness (QED) is 0.860. The van der Waals surface area contributed by atoms with Crippen molar-refractivity contribution in [2.45, 2.75) is 39.8 Å². The van der Waals surface area contributed by atoms with E-state index >= 15 is 0 Å². The van der Waals surface area contributed by atoms with Crippen LogP contribution in [-0.2, 0) is 0 Å². The summed E-state index contributed by atoms with van der Waals surface area (Å²) < 4.78 is 1.18. The maximum Gasteiger partial charge on any atom is 0.278 e. The Bertz CT molecular complexity index is 697. The first-order chi connectivity index (χ1) is 10.8. The SMILES string of the molecule is CC(C)N(C(=O)c1ccn(C(=O)c2ccc(Cl)cc2)n1)C(C)C. The minimum atomic E-state index is -0.304. The lowest BCUT2D eigenvalue weighted by molar-refractivity contribution is 0.0637. The van der Waals surface area contributed by atoms with Crippen LogP contribution in [0.1, 0.15) is 48.5 Å². The Morgan fingerprint density at radius 3 is 2.13 bits per heavy atom. The van der Waals surface area contributed by atoms with Gasteiger partial charge in [-0.3, -0.25) is 9.59 Å². The smallest absolute Gasteiger partial charge is 0.278 e. The topological polar surface area (TPSA) is 55.2 Å². The van der Waals surface area contributed by atoms with Gasteiger partial charge in [0.15, 0.2) is 5.69 Å². The van der Waals surface area contributed by atoms with Crippen LogP contribution >= 0.6 is 11.6 Å². The second-order valence-corrected chi connectivity index (χ2v) is 6.29. The van der Waals surface area contributed by atoms with Gasteiger partial charge >= 0.3 is 0 Å². The molecular weight excluding hydrogens is 314 g/mol. The van der Waals surface area contributed by atoms with Crippen LogP contribution in [0.15, 0.2) is 36.5 Å². The highest BCUT2D eigenvalue weighted by molar-refractivity contribution is 6.30. The third-order valence-corrected chi connectivity index (χ3v) is 3.71. The van der Waals surface area contributed by atoms with Crippen molar-refractivity contribution in [3.8, 4) is 0 Å². The second kappa shape index (κ2) is 6.96. The standard InChI is InChI=1S/C17H20ClN3O2/c1-11(2)21(12(3)4)17(23)15-9-10-20(19-15)16(22)13-5-7-14(18)8-6-13/h5-12H,1-4H3. The number of hydrogen-bond acceptors (Lipinski definition) is 3. The van der Waals surface area contributed by atoms with E-state index in [0.29, 0.717) is 10.6 Å². The lowest BCUT2D eigenvalue weighted by atomic mass is 10.2. The minimum absolute atomic E-state index is 0.0552. The molecule has 0 spiro atoms. The zero-order chi connectivity index (χ0) is 17.1. The first-order valence-corrected chi connectivity index (χ1v) is 7.87. The Kier molecular flexibility index (Phi) is 5.21. The van der Waals surface area contributed by atoms with E-state index in [2.05, 4.69) is 5.10 Å². The molecule has 1 aromatic carbocycles. The molecule has 23 heavy (non-hydrogen) atoms. The minimum Gasteiger partial charge on any atom is -0.332 e. The van der Waals surface area contributed by atoms with Crippen LogP contribution in [0.5, 0.6) is 0 Å². The van der Waals surface area contributed by atoms with Gasteiger partial charge in [-0.25, -0.2) is 4.68 Å². The molecule has 0 aliphatic heterocycles. The van der Waals surface area contributed by atoms with Gasteiger partial charge in [0.05, 0.1) is 0 Å². The molecule has 0 fully saturated rings. The van der Waals surface area contributed by atoms with Crippen LogP contribution in [-0.4, -0.2) is 38.6 Å². The molecule has 2 aromatic rings. The molecular formula is C17H20ClN3O2. The number of hydrogen-bond donors (Lipinski definition) is 0. The number of rotatable bonds is 4. The van der Waals surface area contributed by atoms with Gasteiger partial charge in [0.25, 0.3) is 11.8 Å². The number of halogens is 1. The summed E-state index contributed by atoms with van der Waals surface area (Å²) in [5.41, 5.74) is 0.718. The Morgan fingerprint density at radius 2 is 1.61 bits per heavy atom. The van der Waals surface area contributed by atoms with Crippen molar-refractivity contribution in [2.24, 2.45) is 0 Å². The number of carbonyl (C=O) groups excluding carboxylic acids is 2. The number of aromatic nitrogens is 2. The first kappa shape index (κ1) is 17.2. The van der Waals surface area contributed by atoms with Gasteiger partial charge in [0.2, 0.25) is 0 Å². The maximum absolute atomic E-state index is 12.6.